The van der Waals surface area contributed by atoms with Crippen LogP contribution in [-0.4, -0.2) is 17.7 Å². The minimum Gasteiger partial charge on any atom is -0.456 e. The van der Waals surface area contributed by atoms with Crippen LogP contribution in [0.3, 0.4) is 0 Å². The van der Waals surface area contributed by atoms with Gasteiger partial charge in [0.25, 0.3) is 0 Å². The van der Waals surface area contributed by atoms with Crippen LogP contribution >= 0.6 is 12.2 Å². The van der Waals surface area contributed by atoms with E-state index in [0.717, 1.165) is 5.56 Å². The Morgan fingerprint density at radius 3 is 2.40 bits per heavy atom. The molecular formula is C23H18N2O4S. The summed E-state index contributed by atoms with van der Waals surface area (Å²) in [6, 6.07) is 17.9. The van der Waals surface area contributed by atoms with Crippen molar-refractivity contribution in [3.8, 4) is 11.5 Å². The summed E-state index contributed by atoms with van der Waals surface area (Å²) < 4.78 is 12.1. The lowest BCUT2D eigenvalue weighted by atomic mass is 9.77. The molecule has 0 bridgehead atoms. The third-order valence-electron chi connectivity index (χ3n) is 5.06. The van der Waals surface area contributed by atoms with Crippen LogP contribution in [0, 0.1) is 0 Å². The molecule has 1 unspecified atom stereocenters. The molecule has 1 spiro atoms. The van der Waals surface area contributed by atoms with Crippen LogP contribution in [0.4, 0.5) is 11.4 Å². The highest BCUT2D eigenvalue weighted by atomic mass is 32.1. The molecule has 7 heteroatoms. The van der Waals surface area contributed by atoms with E-state index in [0.29, 0.717) is 39.6 Å². The molecule has 5 rings (SSSR count). The number of anilines is 2. The number of nitrogen functional groups attached to an aromatic ring is 1. The second kappa shape index (κ2) is 7.27. The van der Waals surface area contributed by atoms with E-state index in [1.54, 1.807) is 30.3 Å². The molecule has 2 heterocycles. The van der Waals surface area contributed by atoms with Crippen molar-refractivity contribution in [2.75, 3.05) is 11.1 Å². The first-order chi connectivity index (χ1) is 14.5. The number of thiocarbonyl (C=S) groups is 1. The number of hydrogen-bond acceptors (Lipinski definition) is 6. The van der Waals surface area contributed by atoms with Gasteiger partial charge in [-0.1, -0.05) is 30.4 Å². The fraction of sp³-hybridized carbons (Fsp3) is 0.0870. The van der Waals surface area contributed by atoms with Gasteiger partial charge in [0.15, 0.2) is 5.60 Å². The predicted octanol–water partition coefficient (Wildman–Crippen LogP) is 4.41. The molecule has 30 heavy (non-hydrogen) atoms. The highest BCUT2D eigenvalue weighted by molar-refractivity contribution is 7.77. The first-order valence-electron chi connectivity index (χ1n) is 9.11. The number of ether oxygens (including phenoxy) is 2. The predicted molar refractivity (Wildman–Crippen MR) is 118 cm³/mol. The Hall–Kier alpha value is -3.71. The number of nitrogens with two attached hydrogens (primary N) is 1. The zero-order valence-corrected chi connectivity index (χ0v) is 16.9. The molecule has 0 radical (unpaired) electrons. The van der Waals surface area contributed by atoms with Gasteiger partial charge in [-0.25, -0.2) is 4.79 Å². The van der Waals surface area contributed by atoms with Gasteiger partial charge in [0.2, 0.25) is 5.91 Å². The molecule has 3 aromatic carbocycles. The molecule has 3 aromatic rings. The van der Waals surface area contributed by atoms with E-state index in [-0.39, 0.29) is 5.91 Å². The number of benzene rings is 3. The van der Waals surface area contributed by atoms with Gasteiger partial charge >= 0.3 is 5.97 Å². The summed E-state index contributed by atoms with van der Waals surface area (Å²) in [6.45, 7) is 1.44. The monoisotopic (exact) mass is 418 g/mol. The number of esters is 1. The first kappa shape index (κ1) is 19.6. The zero-order valence-electron chi connectivity index (χ0n) is 16.1. The average molecular weight is 418 g/mol. The molecule has 6 nitrogen and oxygen atoms in total. The van der Waals surface area contributed by atoms with Gasteiger partial charge in [0.1, 0.15) is 11.5 Å². The molecule has 2 aliphatic rings. The van der Waals surface area contributed by atoms with Crippen molar-refractivity contribution in [3.63, 3.8) is 0 Å². The molecule has 3 N–H and O–H groups in total. The lowest BCUT2D eigenvalue weighted by Gasteiger charge is -2.36. The smallest absolute Gasteiger partial charge is 0.340 e. The lowest BCUT2D eigenvalue weighted by molar-refractivity contribution is -0.114. The van der Waals surface area contributed by atoms with E-state index >= 15 is 0 Å². The van der Waals surface area contributed by atoms with Gasteiger partial charge in [-0.05, 0) is 36.2 Å². The summed E-state index contributed by atoms with van der Waals surface area (Å²) in [5, 5.41) is 2.75. The molecule has 2 aliphatic heterocycles. The Labute approximate surface area is 178 Å². The van der Waals surface area contributed by atoms with Gasteiger partial charge in [-0.3, -0.25) is 4.79 Å². The Morgan fingerprint density at radius 1 is 1.00 bits per heavy atom. The van der Waals surface area contributed by atoms with Crippen molar-refractivity contribution in [1.82, 2.24) is 0 Å². The van der Waals surface area contributed by atoms with Crippen molar-refractivity contribution in [2.24, 2.45) is 0 Å². The molecular weight excluding hydrogens is 400 g/mol. The Morgan fingerprint density at radius 2 is 1.67 bits per heavy atom. The van der Waals surface area contributed by atoms with Crippen molar-refractivity contribution < 1.29 is 19.1 Å². The number of nitrogens with one attached hydrogen (secondary N) is 1. The summed E-state index contributed by atoms with van der Waals surface area (Å²) in [6.07, 6.45) is 0. The zero-order chi connectivity index (χ0) is 21.5. The lowest BCUT2D eigenvalue weighted by Crippen LogP contribution is -2.33. The topological polar surface area (TPSA) is 90.7 Å². The largest absolute Gasteiger partial charge is 0.456 e. The van der Waals surface area contributed by atoms with E-state index in [9.17, 15) is 9.59 Å². The van der Waals surface area contributed by atoms with Crippen LogP contribution < -0.4 is 15.8 Å². The SMILES string of the molecule is C=S.CC(=O)Nc1ccc2c(c1)Oc1cc(N)ccc1C21OC(=O)c2ccccc21. The van der Waals surface area contributed by atoms with E-state index in [4.69, 9.17) is 15.2 Å². The van der Waals surface area contributed by atoms with Crippen molar-refractivity contribution >= 4 is 41.3 Å². The standard InChI is InChI=1S/C22H16N2O4.CH2S/c1-12(25)24-14-7-9-18-20(11-14)27-19-10-13(23)6-8-17(19)22(18)16-5-3-2-4-15(16)21(26)28-22;1-2/h2-11H,23H2,1H3,(H,24,25);1H2. The minimum atomic E-state index is -1.13. The van der Waals surface area contributed by atoms with E-state index in [1.807, 2.05) is 30.3 Å². The van der Waals surface area contributed by atoms with Gasteiger partial charge in [0.05, 0.1) is 5.56 Å². The fourth-order valence-electron chi connectivity index (χ4n) is 3.97. The van der Waals surface area contributed by atoms with Crippen molar-refractivity contribution in [2.45, 2.75) is 12.5 Å². The van der Waals surface area contributed by atoms with Crippen LogP contribution in [0.2, 0.25) is 0 Å². The maximum atomic E-state index is 12.7. The second-order valence-electron chi connectivity index (χ2n) is 6.87. The molecule has 0 fully saturated rings. The van der Waals surface area contributed by atoms with Crippen molar-refractivity contribution in [3.05, 3.63) is 82.9 Å². The molecule has 150 valence electrons. The highest BCUT2D eigenvalue weighted by Crippen LogP contribution is 2.56. The summed E-state index contributed by atoms with van der Waals surface area (Å²) in [4.78, 5) is 24.1. The summed E-state index contributed by atoms with van der Waals surface area (Å²) in [5.41, 5.74) is 8.63. The number of fused-ring (bicyclic) bond motifs is 6. The number of carbonyl (C=O) groups is 2. The number of amides is 1. The van der Waals surface area contributed by atoms with Gasteiger partial charge < -0.3 is 20.5 Å². The maximum Gasteiger partial charge on any atom is 0.340 e. The second-order valence-corrected chi connectivity index (χ2v) is 6.87. The van der Waals surface area contributed by atoms with Gasteiger partial charge in [-0.2, -0.15) is 0 Å². The molecule has 1 amide bonds. The maximum absolute atomic E-state index is 12.7. The quantitative estimate of drug-likeness (QED) is 0.346. The van der Waals surface area contributed by atoms with E-state index < -0.39 is 11.6 Å². The fourth-order valence-corrected chi connectivity index (χ4v) is 3.97. The Kier molecular flexibility index (Phi) is 4.75. The average Bonchev–Trinajstić information content (AvgIpc) is 3.02. The number of hydrogen-bond donors (Lipinski definition) is 2. The number of carbonyl (C=O) groups excluding carboxylic acids is 2. The van der Waals surface area contributed by atoms with Crippen LogP contribution in [0.5, 0.6) is 11.5 Å². The molecule has 0 saturated carbocycles. The summed E-state index contributed by atoms with van der Waals surface area (Å²) >= 11 is 3.83. The van der Waals surface area contributed by atoms with Gasteiger partial charge in [-0.15, -0.1) is 0 Å². The third kappa shape index (κ3) is 2.83. The molecule has 1 atom stereocenters. The van der Waals surface area contributed by atoms with Gasteiger partial charge in [0, 0.05) is 47.1 Å². The van der Waals surface area contributed by atoms with Crippen LogP contribution in [-0.2, 0) is 15.1 Å². The minimum absolute atomic E-state index is 0.187. The first-order valence-corrected chi connectivity index (χ1v) is 9.68. The van der Waals surface area contributed by atoms with E-state index in [2.05, 4.69) is 23.4 Å². The van der Waals surface area contributed by atoms with Crippen LogP contribution in [0.15, 0.2) is 60.7 Å². The molecule has 0 aromatic heterocycles. The van der Waals surface area contributed by atoms with Crippen LogP contribution in [0.1, 0.15) is 34.0 Å². The van der Waals surface area contributed by atoms with E-state index in [1.165, 1.54) is 6.92 Å². The number of rotatable bonds is 1. The third-order valence-corrected chi connectivity index (χ3v) is 5.06. The summed E-state index contributed by atoms with van der Waals surface area (Å²) in [5.74, 6) is 3.26. The highest BCUT2D eigenvalue weighted by Gasteiger charge is 2.53. The molecule has 0 saturated heterocycles. The Bertz CT molecular complexity index is 1190. The van der Waals surface area contributed by atoms with Crippen molar-refractivity contribution in [1.29, 1.82) is 0 Å². The van der Waals surface area contributed by atoms with Crippen LogP contribution in [0.25, 0.3) is 0 Å². The molecule has 0 aliphatic carbocycles. The normalized spacial score (nSPS) is 17.4. The summed E-state index contributed by atoms with van der Waals surface area (Å²) in [7, 11) is 0. The Balaban J connectivity index is 0.00000106.